The van der Waals surface area contributed by atoms with E-state index in [2.05, 4.69) is 48.3 Å². The number of hydrogen-bond acceptors (Lipinski definition) is 3. The number of carbonyl (C=O) groups is 1. The summed E-state index contributed by atoms with van der Waals surface area (Å²) in [5, 5.41) is 6.71. The average Bonchev–Trinajstić information content (AvgIpc) is 2.83. The first-order valence-corrected chi connectivity index (χ1v) is 8.30. The van der Waals surface area contributed by atoms with Gasteiger partial charge in [0.25, 0.3) is 0 Å². The molecule has 0 aliphatic carbocycles. The van der Waals surface area contributed by atoms with E-state index in [0.717, 1.165) is 38.1 Å². The van der Waals surface area contributed by atoms with E-state index in [4.69, 9.17) is 0 Å². The predicted molar refractivity (Wildman–Crippen MR) is 88.6 cm³/mol. The van der Waals surface area contributed by atoms with Gasteiger partial charge in [0, 0.05) is 42.9 Å². The molecule has 1 aromatic heterocycles. The summed E-state index contributed by atoms with van der Waals surface area (Å²) < 4.78 is 0. The summed E-state index contributed by atoms with van der Waals surface area (Å²) in [5.41, 5.74) is 0.206. The Morgan fingerprint density at radius 2 is 2.00 bits per heavy atom. The monoisotopic (exact) mass is 306 g/mol. The minimum Gasteiger partial charge on any atom is -0.356 e. The third-order valence-corrected chi connectivity index (χ3v) is 4.22. The Balaban J connectivity index is 1.70. The number of aromatic amines is 1. The van der Waals surface area contributed by atoms with Crippen LogP contribution in [0.4, 0.5) is 0 Å². The van der Waals surface area contributed by atoms with Crippen molar-refractivity contribution in [1.29, 1.82) is 0 Å². The zero-order valence-corrected chi connectivity index (χ0v) is 14.3. The van der Waals surface area contributed by atoms with Crippen LogP contribution in [0.1, 0.15) is 59.2 Å². The molecule has 2 rings (SSSR count). The maximum atomic E-state index is 12.1. The molecule has 0 aromatic carbocycles. The summed E-state index contributed by atoms with van der Waals surface area (Å²) >= 11 is 0. The lowest BCUT2D eigenvalue weighted by Gasteiger charge is -2.46. The van der Waals surface area contributed by atoms with Crippen LogP contribution < -0.4 is 10.6 Å². The van der Waals surface area contributed by atoms with Gasteiger partial charge in [-0.2, -0.15) is 0 Å². The lowest BCUT2D eigenvalue weighted by atomic mass is 9.74. The van der Waals surface area contributed by atoms with Gasteiger partial charge >= 0.3 is 0 Å². The van der Waals surface area contributed by atoms with Gasteiger partial charge in [0.1, 0.15) is 5.82 Å². The van der Waals surface area contributed by atoms with Crippen LogP contribution in [-0.4, -0.2) is 33.5 Å². The van der Waals surface area contributed by atoms with Crippen molar-refractivity contribution in [2.45, 2.75) is 70.9 Å². The molecule has 1 amide bonds. The molecule has 1 aromatic rings. The van der Waals surface area contributed by atoms with Crippen molar-refractivity contribution in [3.63, 3.8) is 0 Å². The molecule has 0 atom stereocenters. The molecule has 5 heteroatoms. The van der Waals surface area contributed by atoms with Gasteiger partial charge in [0.05, 0.1) is 0 Å². The molecule has 0 bridgehead atoms. The summed E-state index contributed by atoms with van der Waals surface area (Å²) in [6.45, 7) is 9.62. The lowest BCUT2D eigenvalue weighted by Crippen LogP contribution is -2.58. The first-order chi connectivity index (χ1) is 10.3. The third-order valence-electron chi connectivity index (χ3n) is 4.22. The number of imidazole rings is 1. The van der Waals surface area contributed by atoms with E-state index in [1.54, 1.807) is 6.20 Å². The largest absolute Gasteiger partial charge is 0.356 e. The second-order valence-corrected chi connectivity index (χ2v) is 7.86. The van der Waals surface area contributed by atoms with E-state index in [1.165, 1.54) is 0 Å². The molecule has 1 fully saturated rings. The van der Waals surface area contributed by atoms with Crippen LogP contribution in [0.2, 0.25) is 0 Å². The first-order valence-electron chi connectivity index (χ1n) is 8.30. The number of nitrogens with one attached hydrogen (secondary N) is 3. The van der Waals surface area contributed by atoms with Crippen LogP contribution >= 0.6 is 0 Å². The molecule has 5 nitrogen and oxygen atoms in total. The van der Waals surface area contributed by atoms with Gasteiger partial charge in [-0.3, -0.25) is 4.79 Å². The van der Waals surface area contributed by atoms with E-state index in [9.17, 15) is 4.79 Å². The van der Waals surface area contributed by atoms with Gasteiger partial charge in [0.2, 0.25) is 5.91 Å². The van der Waals surface area contributed by atoms with E-state index in [-0.39, 0.29) is 17.0 Å². The highest BCUT2D eigenvalue weighted by Gasteiger charge is 2.38. The fraction of sp³-hybridized carbons (Fsp3) is 0.765. The number of carbonyl (C=O) groups excluding carboxylic acids is 1. The molecule has 124 valence electrons. The van der Waals surface area contributed by atoms with E-state index >= 15 is 0 Å². The number of aryl methyl sites for hydroxylation is 1. The molecular weight excluding hydrogens is 276 g/mol. The molecule has 1 saturated heterocycles. The Labute approximate surface area is 133 Å². The summed E-state index contributed by atoms with van der Waals surface area (Å²) in [6.07, 6.45) is 8.12. The molecule has 0 radical (unpaired) electrons. The van der Waals surface area contributed by atoms with Crippen LogP contribution in [0.3, 0.4) is 0 Å². The van der Waals surface area contributed by atoms with Gasteiger partial charge in [-0.1, -0.05) is 0 Å². The topological polar surface area (TPSA) is 69.8 Å². The summed E-state index contributed by atoms with van der Waals surface area (Å²) in [5.74, 6) is 1.62. The molecule has 22 heavy (non-hydrogen) atoms. The average molecular weight is 306 g/mol. The van der Waals surface area contributed by atoms with Gasteiger partial charge in [-0.05, 0) is 52.9 Å². The maximum Gasteiger partial charge on any atom is 0.220 e. The van der Waals surface area contributed by atoms with E-state index in [0.29, 0.717) is 12.3 Å². The molecule has 0 spiro atoms. The van der Waals surface area contributed by atoms with Gasteiger partial charge in [-0.15, -0.1) is 0 Å². The van der Waals surface area contributed by atoms with Crippen molar-refractivity contribution in [2.24, 2.45) is 5.92 Å². The lowest BCUT2D eigenvalue weighted by molar-refractivity contribution is -0.122. The summed E-state index contributed by atoms with van der Waals surface area (Å²) in [7, 11) is 0. The minimum atomic E-state index is 0.103. The fourth-order valence-electron chi connectivity index (χ4n) is 3.93. The number of aromatic nitrogens is 2. The highest BCUT2D eigenvalue weighted by Crippen LogP contribution is 2.34. The van der Waals surface area contributed by atoms with E-state index in [1.807, 2.05) is 6.20 Å². The summed E-state index contributed by atoms with van der Waals surface area (Å²) in [4.78, 5) is 19.4. The molecule has 1 aliphatic rings. The molecule has 0 unspecified atom stereocenters. The Morgan fingerprint density at radius 1 is 1.32 bits per heavy atom. The Bertz CT molecular complexity index is 463. The van der Waals surface area contributed by atoms with Crippen molar-refractivity contribution < 1.29 is 4.79 Å². The molecule has 0 saturated carbocycles. The van der Waals surface area contributed by atoms with Crippen LogP contribution in [-0.2, 0) is 11.2 Å². The number of piperidine rings is 1. The van der Waals surface area contributed by atoms with Crippen LogP contribution in [0.5, 0.6) is 0 Å². The van der Waals surface area contributed by atoms with Gasteiger partial charge < -0.3 is 15.6 Å². The quantitative estimate of drug-likeness (QED) is 0.707. The molecular formula is C17H30N4O. The number of amides is 1. The zero-order valence-electron chi connectivity index (χ0n) is 14.3. The summed E-state index contributed by atoms with van der Waals surface area (Å²) in [6, 6.07) is 0. The minimum absolute atomic E-state index is 0.103. The maximum absolute atomic E-state index is 12.1. The van der Waals surface area contributed by atoms with Crippen molar-refractivity contribution in [1.82, 2.24) is 20.6 Å². The smallest absolute Gasteiger partial charge is 0.220 e. The van der Waals surface area contributed by atoms with Crippen molar-refractivity contribution >= 4 is 5.91 Å². The Kier molecular flexibility index (Phi) is 5.27. The number of hydrogen-bond donors (Lipinski definition) is 3. The SMILES string of the molecule is CC1(C)CC(CC(=O)NCCCc2ncc[nH]2)CC(C)(C)N1. The van der Waals surface area contributed by atoms with Crippen molar-refractivity contribution in [3.05, 3.63) is 18.2 Å². The highest BCUT2D eigenvalue weighted by atomic mass is 16.1. The van der Waals surface area contributed by atoms with Gasteiger partial charge in [-0.25, -0.2) is 4.98 Å². The van der Waals surface area contributed by atoms with Crippen molar-refractivity contribution in [3.8, 4) is 0 Å². The second kappa shape index (κ2) is 6.82. The standard InChI is InChI=1S/C17H30N4O/c1-16(2)11-13(12-17(3,4)21-16)10-15(22)20-7-5-6-14-18-8-9-19-14/h8-9,13,21H,5-7,10-12H2,1-4H3,(H,18,19)(H,20,22). The molecule has 1 aliphatic heterocycles. The van der Waals surface area contributed by atoms with Crippen molar-refractivity contribution in [2.75, 3.05) is 6.54 Å². The molecule has 3 N–H and O–H groups in total. The normalized spacial score (nSPS) is 20.7. The molecule has 2 heterocycles. The Morgan fingerprint density at radius 3 is 2.59 bits per heavy atom. The van der Waals surface area contributed by atoms with Crippen LogP contribution in [0, 0.1) is 5.92 Å². The van der Waals surface area contributed by atoms with Crippen LogP contribution in [0.15, 0.2) is 12.4 Å². The third kappa shape index (κ3) is 5.44. The van der Waals surface area contributed by atoms with E-state index < -0.39 is 0 Å². The number of rotatable bonds is 6. The second-order valence-electron chi connectivity index (χ2n) is 7.86. The zero-order chi connectivity index (χ0) is 16.2. The predicted octanol–water partition coefficient (Wildman–Crippen LogP) is 2.41. The number of nitrogens with zero attached hydrogens (tertiary/aromatic N) is 1. The van der Waals surface area contributed by atoms with Crippen LogP contribution in [0.25, 0.3) is 0 Å². The van der Waals surface area contributed by atoms with Gasteiger partial charge in [0.15, 0.2) is 0 Å². The highest BCUT2D eigenvalue weighted by molar-refractivity contribution is 5.76. The first kappa shape index (κ1) is 17.0. The Hall–Kier alpha value is -1.36. The fourth-order valence-corrected chi connectivity index (χ4v) is 3.93. The number of H-pyrrole nitrogens is 1.